The van der Waals surface area contributed by atoms with Crippen molar-refractivity contribution in [1.82, 2.24) is 4.90 Å². The number of carbonyl (C=O) groups is 1. The molecule has 0 aliphatic rings. The Balaban J connectivity index is 3.02. The third kappa shape index (κ3) is 4.00. The number of carbonyl (C=O) groups excluding carboxylic acids is 1. The second kappa shape index (κ2) is 7.94. The zero-order chi connectivity index (χ0) is 15.1. The minimum absolute atomic E-state index is 0.0158. The number of amides is 1. The summed E-state index contributed by atoms with van der Waals surface area (Å²) in [4.78, 5) is 14.0. The van der Waals surface area contributed by atoms with E-state index in [1.54, 1.807) is 12.0 Å². The molecule has 5 heteroatoms. The number of ether oxygens (including phenoxy) is 1. The molecule has 3 nitrogen and oxygen atoms in total. The summed E-state index contributed by atoms with van der Waals surface area (Å²) in [6.07, 6.45) is 1.55. The first-order valence-electron chi connectivity index (χ1n) is 6.80. The van der Waals surface area contributed by atoms with Crippen molar-refractivity contribution in [2.45, 2.75) is 32.7 Å². The summed E-state index contributed by atoms with van der Waals surface area (Å²) in [6, 6.07) is 3.03. The molecular weight excluding hydrogens is 264 g/mol. The van der Waals surface area contributed by atoms with Crippen molar-refractivity contribution in [3.8, 4) is 0 Å². The van der Waals surface area contributed by atoms with Gasteiger partial charge in [0.2, 0.25) is 0 Å². The highest BCUT2D eigenvalue weighted by Gasteiger charge is 2.24. The van der Waals surface area contributed by atoms with Crippen molar-refractivity contribution in [2.75, 3.05) is 20.3 Å². The highest BCUT2D eigenvalue weighted by molar-refractivity contribution is 5.94. The summed E-state index contributed by atoms with van der Waals surface area (Å²) in [5, 5.41) is 0. The zero-order valence-electron chi connectivity index (χ0n) is 12.2. The molecule has 0 fully saturated rings. The standard InChI is InChI=1S/C15H21F2NO2/c1-4-12(5-2)18(8-9-20-3)15(19)13-7-6-11(16)10-14(13)17/h6-7,10,12H,4-5,8-9H2,1-3H3. The van der Waals surface area contributed by atoms with E-state index in [1.807, 2.05) is 13.8 Å². The molecule has 0 heterocycles. The van der Waals surface area contributed by atoms with Gasteiger partial charge in [0.1, 0.15) is 11.6 Å². The van der Waals surface area contributed by atoms with Gasteiger partial charge in [0.15, 0.2) is 0 Å². The Morgan fingerprint density at radius 1 is 1.30 bits per heavy atom. The van der Waals surface area contributed by atoms with E-state index in [-0.39, 0.29) is 11.6 Å². The highest BCUT2D eigenvalue weighted by atomic mass is 19.1. The second-order valence-corrected chi connectivity index (χ2v) is 4.59. The molecule has 0 saturated heterocycles. The van der Waals surface area contributed by atoms with Crippen LogP contribution in [0.1, 0.15) is 37.0 Å². The van der Waals surface area contributed by atoms with Crippen LogP contribution in [0.2, 0.25) is 0 Å². The molecule has 0 N–H and O–H groups in total. The lowest BCUT2D eigenvalue weighted by molar-refractivity contribution is 0.0585. The second-order valence-electron chi connectivity index (χ2n) is 4.59. The van der Waals surface area contributed by atoms with Gasteiger partial charge in [0.05, 0.1) is 12.2 Å². The van der Waals surface area contributed by atoms with Gasteiger partial charge in [0.25, 0.3) is 5.91 Å². The molecule has 0 atom stereocenters. The minimum Gasteiger partial charge on any atom is -0.383 e. The monoisotopic (exact) mass is 285 g/mol. The van der Waals surface area contributed by atoms with E-state index in [1.165, 1.54) is 6.07 Å². The SMILES string of the molecule is CCC(CC)N(CCOC)C(=O)c1ccc(F)cc1F. The number of hydrogen-bond donors (Lipinski definition) is 0. The quantitative estimate of drug-likeness (QED) is 0.769. The van der Waals surface area contributed by atoms with Crippen LogP contribution in [0.15, 0.2) is 18.2 Å². The number of nitrogens with zero attached hydrogens (tertiary/aromatic N) is 1. The smallest absolute Gasteiger partial charge is 0.257 e. The van der Waals surface area contributed by atoms with Crippen LogP contribution in [0.25, 0.3) is 0 Å². The fraction of sp³-hybridized carbons (Fsp3) is 0.533. The van der Waals surface area contributed by atoms with E-state index >= 15 is 0 Å². The molecule has 1 amide bonds. The number of benzene rings is 1. The molecule has 1 aromatic carbocycles. The fourth-order valence-electron chi connectivity index (χ4n) is 2.19. The lowest BCUT2D eigenvalue weighted by Crippen LogP contribution is -2.42. The Morgan fingerprint density at radius 3 is 2.45 bits per heavy atom. The summed E-state index contributed by atoms with van der Waals surface area (Å²) in [6.45, 7) is 4.72. The van der Waals surface area contributed by atoms with Crippen molar-refractivity contribution in [1.29, 1.82) is 0 Å². The van der Waals surface area contributed by atoms with Crippen molar-refractivity contribution in [3.63, 3.8) is 0 Å². The van der Waals surface area contributed by atoms with Crippen molar-refractivity contribution in [2.24, 2.45) is 0 Å². The predicted molar refractivity (Wildman–Crippen MR) is 73.6 cm³/mol. The Labute approximate surface area is 118 Å². The molecule has 112 valence electrons. The molecule has 1 aromatic rings. The normalized spacial score (nSPS) is 10.9. The van der Waals surface area contributed by atoms with Gasteiger partial charge in [-0.25, -0.2) is 8.78 Å². The van der Waals surface area contributed by atoms with E-state index in [0.717, 1.165) is 25.0 Å². The Hall–Kier alpha value is -1.49. The molecule has 20 heavy (non-hydrogen) atoms. The summed E-state index contributed by atoms with van der Waals surface area (Å²) < 4.78 is 31.7. The Bertz CT molecular complexity index is 447. The van der Waals surface area contributed by atoms with Crippen LogP contribution >= 0.6 is 0 Å². The van der Waals surface area contributed by atoms with E-state index in [9.17, 15) is 13.6 Å². The van der Waals surface area contributed by atoms with Gasteiger partial charge in [-0.15, -0.1) is 0 Å². The van der Waals surface area contributed by atoms with Crippen molar-refractivity contribution >= 4 is 5.91 Å². The minimum atomic E-state index is -0.830. The van der Waals surface area contributed by atoms with Gasteiger partial charge in [-0.3, -0.25) is 4.79 Å². The first kappa shape index (κ1) is 16.6. The topological polar surface area (TPSA) is 29.5 Å². The van der Waals surface area contributed by atoms with Crippen LogP contribution in [0.3, 0.4) is 0 Å². The van der Waals surface area contributed by atoms with Crippen LogP contribution in [0.5, 0.6) is 0 Å². The summed E-state index contributed by atoms with van der Waals surface area (Å²) in [7, 11) is 1.55. The Kier molecular flexibility index (Phi) is 6.58. The molecular formula is C15H21F2NO2. The van der Waals surface area contributed by atoms with Gasteiger partial charge in [-0.05, 0) is 25.0 Å². The molecule has 0 saturated carbocycles. The average molecular weight is 285 g/mol. The van der Waals surface area contributed by atoms with Gasteiger partial charge in [0, 0.05) is 25.8 Å². The maximum absolute atomic E-state index is 13.7. The fourth-order valence-corrected chi connectivity index (χ4v) is 2.19. The molecule has 0 aliphatic heterocycles. The van der Waals surface area contributed by atoms with Gasteiger partial charge in [-0.2, -0.15) is 0 Å². The Morgan fingerprint density at radius 2 is 1.95 bits per heavy atom. The molecule has 0 aromatic heterocycles. The summed E-state index contributed by atoms with van der Waals surface area (Å²) in [5.41, 5.74) is -0.102. The van der Waals surface area contributed by atoms with E-state index in [0.29, 0.717) is 13.2 Å². The summed E-state index contributed by atoms with van der Waals surface area (Å²) in [5.74, 6) is -1.94. The van der Waals surface area contributed by atoms with Crippen molar-refractivity contribution in [3.05, 3.63) is 35.4 Å². The molecule has 0 aliphatic carbocycles. The molecule has 0 spiro atoms. The maximum Gasteiger partial charge on any atom is 0.257 e. The number of rotatable bonds is 7. The van der Waals surface area contributed by atoms with Crippen molar-refractivity contribution < 1.29 is 18.3 Å². The van der Waals surface area contributed by atoms with Crippen LogP contribution in [0.4, 0.5) is 8.78 Å². The van der Waals surface area contributed by atoms with E-state index < -0.39 is 17.5 Å². The largest absolute Gasteiger partial charge is 0.383 e. The average Bonchev–Trinajstić information content (AvgIpc) is 2.43. The molecule has 1 rings (SSSR count). The molecule has 0 unspecified atom stereocenters. The third-order valence-electron chi connectivity index (χ3n) is 3.34. The molecule has 0 radical (unpaired) electrons. The first-order valence-corrected chi connectivity index (χ1v) is 6.80. The van der Waals surface area contributed by atoms with Gasteiger partial charge >= 0.3 is 0 Å². The van der Waals surface area contributed by atoms with Crippen LogP contribution in [-0.4, -0.2) is 37.1 Å². The maximum atomic E-state index is 13.7. The molecule has 0 bridgehead atoms. The highest BCUT2D eigenvalue weighted by Crippen LogP contribution is 2.17. The van der Waals surface area contributed by atoms with Crippen LogP contribution in [0, 0.1) is 11.6 Å². The van der Waals surface area contributed by atoms with Crippen LogP contribution < -0.4 is 0 Å². The zero-order valence-corrected chi connectivity index (χ0v) is 12.2. The summed E-state index contributed by atoms with van der Waals surface area (Å²) >= 11 is 0. The van der Waals surface area contributed by atoms with E-state index in [4.69, 9.17) is 4.74 Å². The first-order chi connectivity index (χ1) is 9.54. The lowest BCUT2D eigenvalue weighted by atomic mass is 10.1. The van der Waals surface area contributed by atoms with Crippen LogP contribution in [-0.2, 0) is 4.74 Å². The number of methoxy groups -OCH3 is 1. The number of hydrogen-bond acceptors (Lipinski definition) is 2. The number of halogens is 2. The third-order valence-corrected chi connectivity index (χ3v) is 3.34. The van der Waals surface area contributed by atoms with Gasteiger partial charge < -0.3 is 9.64 Å². The van der Waals surface area contributed by atoms with E-state index in [2.05, 4.69) is 0 Å². The van der Waals surface area contributed by atoms with Gasteiger partial charge in [-0.1, -0.05) is 13.8 Å². The predicted octanol–water partition coefficient (Wildman–Crippen LogP) is 3.24. The lowest BCUT2D eigenvalue weighted by Gasteiger charge is -2.30.